The molecule has 0 aliphatic heterocycles. The predicted octanol–water partition coefficient (Wildman–Crippen LogP) is 3.19. The van der Waals surface area contributed by atoms with Gasteiger partial charge in [-0.1, -0.05) is 11.6 Å². The summed E-state index contributed by atoms with van der Waals surface area (Å²) >= 11 is 6.16. The number of aromatic nitrogens is 2. The van der Waals surface area contributed by atoms with Gasteiger partial charge < -0.3 is 4.42 Å². The Kier molecular flexibility index (Phi) is 2.21. The van der Waals surface area contributed by atoms with Crippen molar-refractivity contribution in [2.75, 3.05) is 0 Å². The van der Waals surface area contributed by atoms with E-state index in [1.165, 1.54) is 0 Å². The summed E-state index contributed by atoms with van der Waals surface area (Å²) in [5, 5.41) is 0.595. The van der Waals surface area contributed by atoms with Crippen LogP contribution in [0, 0.1) is 6.92 Å². The molecule has 3 nitrogen and oxygen atoms in total. The second-order valence-electron chi connectivity index (χ2n) is 4.01. The van der Waals surface area contributed by atoms with Gasteiger partial charge >= 0.3 is 0 Å². The summed E-state index contributed by atoms with van der Waals surface area (Å²) in [6.45, 7) is 1.90. The predicted molar refractivity (Wildman–Crippen MR) is 61.5 cm³/mol. The lowest BCUT2D eigenvalue weighted by Crippen LogP contribution is -1.97. The lowest BCUT2D eigenvalue weighted by molar-refractivity contribution is 0.535. The van der Waals surface area contributed by atoms with Crippen LogP contribution in [0.25, 0.3) is 11.4 Å². The third kappa shape index (κ3) is 1.43. The van der Waals surface area contributed by atoms with E-state index in [0.717, 1.165) is 41.8 Å². The Morgan fingerprint density at radius 1 is 1.31 bits per heavy atom. The lowest BCUT2D eigenvalue weighted by Gasteiger charge is -2.04. The van der Waals surface area contributed by atoms with Gasteiger partial charge in [-0.3, -0.25) is 0 Å². The molecule has 2 aromatic rings. The molecule has 0 spiro atoms. The van der Waals surface area contributed by atoms with Crippen molar-refractivity contribution in [1.82, 2.24) is 9.97 Å². The molecule has 0 unspecified atom stereocenters. The van der Waals surface area contributed by atoms with Crippen molar-refractivity contribution < 1.29 is 4.42 Å². The van der Waals surface area contributed by atoms with E-state index in [2.05, 4.69) is 9.97 Å². The minimum absolute atomic E-state index is 0.595. The lowest BCUT2D eigenvalue weighted by atomic mass is 10.2. The summed E-state index contributed by atoms with van der Waals surface area (Å²) in [6, 6.07) is 1.88. The fraction of sp³-hybridized carbons (Fsp3) is 0.333. The second kappa shape index (κ2) is 3.59. The highest BCUT2D eigenvalue weighted by Crippen LogP contribution is 2.30. The van der Waals surface area contributed by atoms with Gasteiger partial charge in [-0.2, -0.15) is 0 Å². The van der Waals surface area contributed by atoms with Gasteiger partial charge in [-0.25, -0.2) is 9.97 Å². The average molecular weight is 235 g/mol. The monoisotopic (exact) mass is 234 g/mol. The molecule has 2 aromatic heterocycles. The summed E-state index contributed by atoms with van der Waals surface area (Å²) in [5.41, 5.74) is 3.14. The topological polar surface area (TPSA) is 38.9 Å². The Morgan fingerprint density at radius 3 is 2.94 bits per heavy atom. The van der Waals surface area contributed by atoms with Crippen molar-refractivity contribution in [2.24, 2.45) is 0 Å². The Labute approximate surface area is 98.5 Å². The quantitative estimate of drug-likeness (QED) is 0.712. The van der Waals surface area contributed by atoms with Crippen molar-refractivity contribution >= 4 is 11.6 Å². The van der Waals surface area contributed by atoms with E-state index in [-0.39, 0.29) is 0 Å². The zero-order valence-corrected chi connectivity index (χ0v) is 9.71. The van der Waals surface area contributed by atoms with Crippen LogP contribution in [-0.2, 0) is 12.8 Å². The number of hydrogen-bond donors (Lipinski definition) is 0. The third-order valence-corrected chi connectivity index (χ3v) is 3.30. The maximum absolute atomic E-state index is 6.16. The van der Waals surface area contributed by atoms with Crippen LogP contribution in [0.5, 0.6) is 0 Å². The summed E-state index contributed by atoms with van der Waals surface area (Å²) in [5.74, 6) is 1.51. The molecule has 1 aliphatic carbocycles. The Bertz CT molecular complexity index is 548. The number of rotatable bonds is 1. The van der Waals surface area contributed by atoms with E-state index in [0.29, 0.717) is 11.0 Å². The van der Waals surface area contributed by atoms with Gasteiger partial charge in [0.05, 0.1) is 11.8 Å². The largest absolute Gasteiger partial charge is 0.469 e. The standard InChI is InChI=1S/C12H11ClN2O/c1-7-8(5-6-16-7)12-14-10-4-2-3-9(10)11(13)15-12/h5-6H,2-4H2,1H3. The fourth-order valence-corrected chi connectivity index (χ4v) is 2.41. The van der Waals surface area contributed by atoms with Gasteiger partial charge in [0.2, 0.25) is 0 Å². The molecule has 0 saturated carbocycles. The molecule has 0 aromatic carbocycles. The molecule has 0 fully saturated rings. The van der Waals surface area contributed by atoms with Gasteiger partial charge in [-0.05, 0) is 32.3 Å². The average Bonchev–Trinajstić information content (AvgIpc) is 2.85. The first kappa shape index (κ1) is 9.85. The first-order valence-electron chi connectivity index (χ1n) is 5.35. The minimum Gasteiger partial charge on any atom is -0.469 e. The van der Waals surface area contributed by atoms with E-state index >= 15 is 0 Å². The molecule has 0 radical (unpaired) electrons. The van der Waals surface area contributed by atoms with E-state index in [1.807, 2.05) is 13.0 Å². The highest BCUT2D eigenvalue weighted by atomic mass is 35.5. The third-order valence-electron chi connectivity index (χ3n) is 2.98. The molecule has 0 atom stereocenters. The van der Waals surface area contributed by atoms with Crippen molar-refractivity contribution in [1.29, 1.82) is 0 Å². The van der Waals surface area contributed by atoms with Crippen molar-refractivity contribution in [3.8, 4) is 11.4 Å². The zero-order chi connectivity index (χ0) is 11.1. The maximum Gasteiger partial charge on any atom is 0.164 e. The number of aryl methyl sites for hydroxylation is 2. The number of hydrogen-bond acceptors (Lipinski definition) is 3. The molecule has 16 heavy (non-hydrogen) atoms. The Balaban J connectivity index is 2.17. The van der Waals surface area contributed by atoms with Gasteiger partial charge in [0.25, 0.3) is 0 Å². The van der Waals surface area contributed by atoms with Crippen LogP contribution in [0.3, 0.4) is 0 Å². The van der Waals surface area contributed by atoms with Crippen LogP contribution < -0.4 is 0 Å². The molecule has 82 valence electrons. The number of nitrogens with zero attached hydrogens (tertiary/aromatic N) is 2. The molecular weight excluding hydrogens is 224 g/mol. The number of fused-ring (bicyclic) bond motifs is 1. The zero-order valence-electron chi connectivity index (χ0n) is 8.96. The molecule has 0 bridgehead atoms. The van der Waals surface area contributed by atoms with Gasteiger partial charge in [-0.15, -0.1) is 0 Å². The molecule has 2 heterocycles. The van der Waals surface area contributed by atoms with E-state index < -0.39 is 0 Å². The van der Waals surface area contributed by atoms with Gasteiger partial charge in [0.15, 0.2) is 5.82 Å². The van der Waals surface area contributed by atoms with Gasteiger partial charge in [0.1, 0.15) is 10.9 Å². The highest BCUT2D eigenvalue weighted by Gasteiger charge is 2.19. The fourth-order valence-electron chi connectivity index (χ4n) is 2.12. The molecule has 0 N–H and O–H groups in total. The summed E-state index contributed by atoms with van der Waals surface area (Å²) in [6.07, 6.45) is 4.77. The first-order chi connectivity index (χ1) is 7.75. The van der Waals surface area contributed by atoms with E-state index in [9.17, 15) is 0 Å². The molecule has 0 saturated heterocycles. The Morgan fingerprint density at radius 2 is 2.19 bits per heavy atom. The highest BCUT2D eigenvalue weighted by molar-refractivity contribution is 6.30. The number of halogens is 1. The Hall–Kier alpha value is -1.35. The summed E-state index contributed by atoms with van der Waals surface area (Å²) < 4.78 is 5.26. The normalized spacial score (nSPS) is 14.1. The minimum atomic E-state index is 0.595. The van der Waals surface area contributed by atoms with Crippen LogP contribution in [0.2, 0.25) is 5.15 Å². The second-order valence-corrected chi connectivity index (χ2v) is 4.37. The first-order valence-corrected chi connectivity index (χ1v) is 5.73. The van der Waals surface area contributed by atoms with Crippen LogP contribution >= 0.6 is 11.6 Å². The van der Waals surface area contributed by atoms with Crippen LogP contribution in [0.4, 0.5) is 0 Å². The molecule has 0 amide bonds. The molecule has 3 rings (SSSR count). The van der Waals surface area contributed by atoms with Crippen LogP contribution in [0.1, 0.15) is 23.4 Å². The molecule has 4 heteroatoms. The SMILES string of the molecule is Cc1occc1-c1nc(Cl)c2c(n1)CCC2. The van der Waals surface area contributed by atoms with E-state index in [4.69, 9.17) is 16.0 Å². The summed E-state index contributed by atoms with van der Waals surface area (Å²) in [4.78, 5) is 8.90. The van der Waals surface area contributed by atoms with Crippen molar-refractivity contribution in [3.63, 3.8) is 0 Å². The molecule has 1 aliphatic rings. The van der Waals surface area contributed by atoms with Crippen LogP contribution in [-0.4, -0.2) is 9.97 Å². The number of furan rings is 1. The van der Waals surface area contributed by atoms with Crippen molar-refractivity contribution in [2.45, 2.75) is 26.2 Å². The van der Waals surface area contributed by atoms with E-state index in [1.54, 1.807) is 6.26 Å². The van der Waals surface area contributed by atoms with Gasteiger partial charge in [0, 0.05) is 11.3 Å². The smallest absolute Gasteiger partial charge is 0.164 e. The van der Waals surface area contributed by atoms with Crippen LogP contribution in [0.15, 0.2) is 16.7 Å². The molecular formula is C12H11ClN2O. The summed E-state index contributed by atoms with van der Waals surface area (Å²) in [7, 11) is 0. The maximum atomic E-state index is 6.16. The van der Waals surface area contributed by atoms with Crippen molar-refractivity contribution in [3.05, 3.63) is 34.5 Å².